The number of fused-ring (bicyclic) bond motifs is 2. The normalized spacial score (nSPS) is 16.6. The molecule has 67 heavy (non-hydrogen) atoms. The van der Waals surface area contributed by atoms with Crippen molar-refractivity contribution < 1.29 is 27.7 Å². The van der Waals surface area contributed by atoms with Crippen LogP contribution in [0, 0.1) is 24.5 Å². The van der Waals surface area contributed by atoms with Gasteiger partial charge in [0.2, 0.25) is 11.9 Å². The largest absolute Gasteiger partial charge is 0.494 e. The Labute approximate surface area is 395 Å². The lowest BCUT2D eigenvalue weighted by molar-refractivity contribution is -0.120. The molecule has 6 heterocycles. The van der Waals surface area contributed by atoms with Gasteiger partial charge < -0.3 is 29.7 Å². The van der Waals surface area contributed by atoms with Crippen LogP contribution in [0.15, 0.2) is 53.1 Å². The molecule has 3 aromatic carbocycles. The van der Waals surface area contributed by atoms with Crippen LogP contribution in [-0.4, -0.2) is 114 Å². The Balaban J connectivity index is 0.830. The highest BCUT2D eigenvalue weighted by Crippen LogP contribution is 2.43. The number of imide groups is 1. The number of aromatic nitrogens is 5. The number of pyridine rings is 1. The quantitative estimate of drug-likeness (QED) is 0.101. The summed E-state index contributed by atoms with van der Waals surface area (Å²) in [5.41, 5.74) is 5.63. The summed E-state index contributed by atoms with van der Waals surface area (Å²) in [5.74, 6) is 1.12. The van der Waals surface area contributed by atoms with E-state index in [9.17, 15) is 18.5 Å². The zero-order chi connectivity index (χ0) is 47.3. The maximum atomic E-state index is 15.8. The van der Waals surface area contributed by atoms with Crippen molar-refractivity contribution in [2.75, 3.05) is 98.1 Å². The van der Waals surface area contributed by atoms with Gasteiger partial charge in [0.05, 0.1) is 45.4 Å². The third kappa shape index (κ3) is 9.37. The van der Waals surface area contributed by atoms with Crippen LogP contribution in [0.4, 0.5) is 53.9 Å². The number of piperazine rings is 1. The fourth-order valence-corrected chi connectivity index (χ4v) is 11.3. The first-order valence-electron chi connectivity index (χ1n) is 22.5. The predicted octanol–water partition coefficient (Wildman–Crippen LogP) is 8.05. The first kappa shape index (κ1) is 46.2. The minimum absolute atomic E-state index is 0.161. The summed E-state index contributed by atoms with van der Waals surface area (Å²) in [6, 6.07) is 11.9. The van der Waals surface area contributed by atoms with Gasteiger partial charge in [0.25, 0.3) is 0 Å². The number of carbonyl (C=O) groups excluding carboxylic acids is 2. The molecule has 0 spiro atoms. The Kier molecular flexibility index (Phi) is 12.9. The van der Waals surface area contributed by atoms with E-state index in [1.165, 1.54) is 17.0 Å². The number of ether oxygens (including phenoxy) is 1. The van der Waals surface area contributed by atoms with Crippen LogP contribution in [0.5, 0.6) is 5.75 Å². The number of aryl methyl sites for hydroxylation is 3. The molecule has 3 amide bonds. The van der Waals surface area contributed by atoms with E-state index in [1.54, 1.807) is 57.4 Å². The fraction of sp³-hybridized carbons (Fsp3) is 0.404. The number of nitrogens with one attached hydrogen (secondary N) is 3. The van der Waals surface area contributed by atoms with Crippen LogP contribution in [0.1, 0.15) is 37.4 Å². The van der Waals surface area contributed by atoms with E-state index in [-0.39, 0.29) is 30.4 Å². The van der Waals surface area contributed by atoms with Gasteiger partial charge in [0.1, 0.15) is 30.3 Å². The monoisotopic (exact) mass is 998 g/mol. The first-order valence-corrected chi connectivity index (χ1v) is 25.9. The third-order valence-electron chi connectivity index (χ3n) is 13.1. The Morgan fingerprint density at radius 1 is 0.896 bits per heavy atom. The molecule has 9 rings (SSSR count). The van der Waals surface area contributed by atoms with E-state index >= 15 is 4.39 Å². The van der Waals surface area contributed by atoms with Crippen molar-refractivity contribution in [3.8, 4) is 5.75 Å². The van der Waals surface area contributed by atoms with Crippen molar-refractivity contribution in [1.29, 1.82) is 0 Å². The molecule has 3 aliphatic heterocycles. The van der Waals surface area contributed by atoms with Gasteiger partial charge in [-0.05, 0) is 103 Å². The van der Waals surface area contributed by atoms with Gasteiger partial charge in [-0.1, -0.05) is 6.92 Å². The smallest absolute Gasteiger partial charge is 0.329 e. The topological polar surface area (TPSA) is 166 Å². The zero-order valence-electron chi connectivity index (χ0n) is 38.4. The molecule has 0 bridgehead atoms. The molecule has 3 aromatic heterocycles. The minimum Gasteiger partial charge on any atom is -0.494 e. The third-order valence-corrected chi connectivity index (χ3v) is 15.2. The molecule has 0 aliphatic carbocycles. The molecule has 0 saturated carbocycles. The standard InChI is InChI=1S/C47H54BrF2N12O4P/c1-7-29-20-37(54-46-51-25-32(48)44(56-46)53-36-9-8-35-30(43(36)67(5,6)65)21-33(49)27(2)52-35)41(66-4)24-38(29)60-13-10-28(11-14-60)26-59-16-18-61(19-17-59)40-23-39-31(22-34(40)50)45(57-58(39)3)62-15-12-42(63)55-47(62)64/h8-9,20-25,28H,7,10-19,26H2,1-6H3,(H,55,63,64)(H2,51,53,54,56). The van der Waals surface area contributed by atoms with Gasteiger partial charge in [-0.25, -0.2) is 18.6 Å². The summed E-state index contributed by atoms with van der Waals surface area (Å²) >= 11 is 3.57. The summed E-state index contributed by atoms with van der Waals surface area (Å²) in [4.78, 5) is 46.4. The number of halogens is 3. The van der Waals surface area contributed by atoms with Crippen LogP contribution < -0.4 is 40.7 Å². The van der Waals surface area contributed by atoms with Crippen molar-refractivity contribution >= 4 is 102 Å². The first-order chi connectivity index (χ1) is 32.1. The molecule has 6 aromatic rings. The second-order valence-corrected chi connectivity index (χ2v) is 21.9. The SMILES string of the molecule is CCc1cc(Nc2ncc(Br)c(Nc3ccc4nc(C)c(F)cc4c3P(C)(C)=O)n2)c(OC)cc1N1CCC(CN2CCN(c3cc4c(cc3F)c(N3CCC(=O)NC3=O)nn4C)CC2)CC1. The lowest BCUT2D eigenvalue weighted by Gasteiger charge is -2.40. The second kappa shape index (κ2) is 18.6. The van der Waals surface area contributed by atoms with E-state index in [4.69, 9.17) is 9.72 Å². The van der Waals surface area contributed by atoms with Gasteiger partial charge in [-0.15, -0.1) is 0 Å². The summed E-state index contributed by atoms with van der Waals surface area (Å²) in [6.45, 7) is 13.1. The van der Waals surface area contributed by atoms with Gasteiger partial charge in [-0.2, -0.15) is 10.1 Å². The Hall–Kier alpha value is -5.91. The van der Waals surface area contributed by atoms with E-state index in [1.807, 2.05) is 6.07 Å². The molecule has 0 atom stereocenters. The van der Waals surface area contributed by atoms with E-state index in [0.717, 1.165) is 74.4 Å². The molecule has 0 radical (unpaired) electrons. The number of nitrogens with zero attached hydrogens (tertiary/aromatic N) is 9. The van der Waals surface area contributed by atoms with Crippen LogP contribution >= 0.6 is 23.1 Å². The van der Waals surface area contributed by atoms with Crippen molar-refractivity contribution in [1.82, 2.24) is 34.9 Å². The maximum absolute atomic E-state index is 15.8. The van der Waals surface area contributed by atoms with E-state index in [0.29, 0.717) is 79.8 Å². The number of hydrogen-bond donors (Lipinski definition) is 3. The number of amides is 3. The highest BCUT2D eigenvalue weighted by molar-refractivity contribution is 9.10. The molecule has 3 fully saturated rings. The maximum Gasteiger partial charge on any atom is 0.329 e. The number of benzene rings is 3. The van der Waals surface area contributed by atoms with Gasteiger partial charge in [0, 0.05) is 99.9 Å². The second-order valence-electron chi connectivity index (χ2n) is 17.9. The molecule has 3 aliphatic rings. The molecule has 20 heteroatoms. The van der Waals surface area contributed by atoms with Gasteiger partial charge in [-0.3, -0.25) is 29.6 Å². The van der Waals surface area contributed by atoms with Crippen molar-refractivity contribution in [2.45, 2.75) is 39.5 Å². The summed E-state index contributed by atoms with van der Waals surface area (Å²) in [5, 5.41) is 15.0. The van der Waals surface area contributed by atoms with Crippen molar-refractivity contribution in [3.63, 3.8) is 0 Å². The average molecular weight is 1000 g/mol. The molecule has 3 N–H and O–H groups in total. The highest BCUT2D eigenvalue weighted by atomic mass is 79.9. The van der Waals surface area contributed by atoms with Crippen LogP contribution in [0.2, 0.25) is 0 Å². The molecule has 16 nitrogen and oxygen atoms in total. The number of methoxy groups -OCH3 is 1. The Morgan fingerprint density at radius 3 is 2.33 bits per heavy atom. The van der Waals surface area contributed by atoms with E-state index in [2.05, 4.69) is 80.7 Å². The fourth-order valence-electron chi connectivity index (χ4n) is 9.55. The number of rotatable bonds is 12. The van der Waals surface area contributed by atoms with E-state index < -0.39 is 19.0 Å². The number of anilines is 7. The average Bonchev–Trinajstić information content (AvgIpc) is 3.61. The lowest BCUT2D eigenvalue weighted by Crippen LogP contribution is -2.49. The number of urea groups is 1. The highest BCUT2D eigenvalue weighted by Gasteiger charge is 2.31. The molecular weight excluding hydrogens is 945 g/mol. The molecule has 3 saturated heterocycles. The van der Waals surface area contributed by atoms with Crippen LogP contribution in [0.3, 0.4) is 0 Å². The minimum atomic E-state index is -2.92. The Morgan fingerprint density at radius 2 is 1.63 bits per heavy atom. The summed E-state index contributed by atoms with van der Waals surface area (Å²) < 4.78 is 52.3. The number of carbonyl (C=O) groups is 2. The van der Waals surface area contributed by atoms with Crippen molar-refractivity contribution in [2.24, 2.45) is 13.0 Å². The molecule has 0 unspecified atom stereocenters. The van der Waals surface area contributed by atoms with Crippen LogP contribution in [-0.2, 0) is 22.8 Å². The Bertz CT molecular complexity index is 2970. The predicted molar refractivity (Wildman–Crippen MR) is 264 cm³/mol. The lowest BCUT2D eigenvalue weighted by atomic mass is 9.94. The summed E-state index contributed by atoms with van der Waals surface area (Å²) in [7, 11) is 0.502. The number of hydrogen-bond acceptors (Lipinski definition) is 13. The van der Waals surface area contributed by atoms with Crippen molar-refractivity contribution in [3.05, 3.63) is 76.0 Å². The zero-order valence-corrected chi connectivity index (χ0v) is 40.9. The number of piperidine rings is 1. The van der Waals surface area contributed by atoms with Gasteiger partial charge >= 0.3 is 6.03 Å². The summed E-state index contributed by atoms with van der Waals surface area (Å²) in [6.07, 6.45) is 4.68. The molecule has 352 valence electrons. The van der Waals surface area contributed by atoms with Gasteiger partial charge in [0.15, 0.2) is 5.82 Å². The molecular formula is C47H54BrF2N12O4P. The van der Waals surface area contributed by atoms with Crippen LogP contribution in [0.25, 0.3) is 21.8 Å².